The first-order chi connectivity index (χ1) is 6.59. The lowest BCUT2D eigenvalue weighted by Gasteiger charge is -2.32. The van der Waals surface area contributed by atoms with Gasteiger partial charge in [0.1, 0.15) is 0 Å². The Kier molecular flexibility index (Phi) is 4.20. The van der Waals surface area contributed by atoms with Crippen LogP contribution in [0.3, 0.4) is 0 Å². The van der Waals surface area contributed by atoms with Crippen LogP contribution in [0, 0.1) is 5.92 Å². The van der Waals surface area contributed by atoms with Gasteiger partial charge in [0.2, 0.25) is 0 Å². The van der Waals surface area contributed by atoms with Gasteiger partial charge in [-0.05, 0) is 45.7 Å². The third kappa shape index (κ3) is 3.54. The molecule has 0 saturated heterocycles. The van der Waals surface area contributed by atoms with Crippen LogP contribution in [-0.2, 0) is 4.74 Å². The molecule has 0 heterocycles. The average molecular weight is 200 g/mol. The molecule has 1 rings (SSSR count). The summed E-state index contributed by atoms with van der Waals surface area (Å²) >= 11 is 0. The van der Waals surface area contributed by atoms with Gasteiger partial charge < -0.3 is 15.4 Å². The Morgan fingerprint density at radius 3 is 2.36 bits per heavy atom. The Morgan fingerprint density at radius 2 is 1.93 bits per heavy atom. The lowest BCUT2D eigenvalue weighted by atomic mass is 9.86. The van der Waals surface area contributed by atoms with Crippen molar-refractivity contribution in [1.29, 1.82) is 0 Å². The lowest BCUT2D eigenvalue weighted by Crippen LogP contribution is -2.33. The Labute approximate surface area is 85.4 Å². The molecule has 1 aliphatic carbocycles. The predicted molar refractivity (Wildman–Crippen MR) is 55.0 cm³/mol. The van der Waals surface area contributed by atoms with Crippen molar-refractivity contribution in [3.63, 3.8) is 0 Å². The second-order valence-corrected chi connectivity index (χ2v) is 4.27. The maximum atomic E-state index is 10.4. The molecule has 0 atom stereocenters. The number of hydrogen-bond donors (Lipinski definition) is 1. The second-order valence-electron chi connectivity index (χ2n) is 4.27. The summed E-state index contributed by atoms with van der Waals surface area (Å²) in [6.45, 7) is 0.496. The first kappa shape index (κ1) is 11.3. The number of amides is 1. The Morgan fingerprint density at radius 1 is 1.36 bits per heavy atom. The molecule has 0 radical (unpaired) electrons. The highest BCUT2D eigenvalue weighted by molar-refractivity contribution is 5.64. The molecular weight excluding hydrogens is 180 g/mol. The number of nitrogens with two attached hydrogens (primary N) is 1. The van der Waals surface area contributed by atoms with Gasteiger partial charge in [-0.3, -0.25) is 0 Å². The third-order valence-corrected chi connectivity index (χ3v) is 3.01. The van der Waals surface area contributed by atoms with E-state index in [1.807, 2.05) is 0 Å². The van der Waals surface area contributed by atoms with Crippen LogP contribution in [-0.4, -0.2) is 37.7 Å². The largest absolute Gasteiger partial charge is 0.449 e. The molecule has 4 nitrogen and oxygen atoms in total. The van der Waals surface area contributed by atoms with Gasteiger partial charge in [-0.2, -0.15) is 0 Å². The molecule has 0 bridgehead atoms. The van der Waals surface area contributed by atoms with Crippen molar-refractivity contribution in [3.05, 3.63) is 0 Å². The molecule has 14 heavy (non-hydrogen) atoms. The minimum absolute atomic E-state index is 0.496. The molecule has 0 aromatic carbocycles. The summed E-state index contributed by atoms with van der Waals surface area (Å²) in [5.41, 5.74) is 4.92. The zero-order chi connectivity index (χ0) is 10.6. The molecule has 0 aliphatic heterocycles. The zero-order valence-corrected chi connectivity index (χ0v) is 9.03. The van der Waals surface area contributed by atoms with E-state index < -0.39 is 6.09 Å². The molecule has 82 valence electrons. The van der Waals surface area contributed by atoms with Gasteiger partial charge in [0.15, 0.2) is 0 Å². The van der Waals surface area contributed by atoms with Crippen molar-refractivity contribution in [2.75, 3.05) is 20.7 Å². The van der Waals surface area contributed by atoms with Crippen LogP contribution < -0.4 is 5.73 Å². The van der Waals surface area contributed by atoms with Crippen molar-refractivity contribution >= 4 is 6.09 Å². The van der Waals surface area contributed by atoms with Gasteiger partial charge in [-0.25, -0.2) is 4.79 Å². The van der Waals surface area contributed by atoms with E-state index in [1.165, 1.54) is 12.8 Å². The number of carbonyl (C=O) groups excluding carboxylic acids is 1. The van der Waals surface area contributed by atoms with E-state index in [1.54, 1.807) is 0 Å². The number of ether oxygens (including phenoxy) is 1. The maximum absolute atomic E-state index is 10.4. The summed E-state index contributed by atoms with van der Waals surface area (Å²) in [5, 5.41) is 0. The van der Waals surface area contributed by atoms with Crippen LogP contribution in [0.1, 0.15) is 25.7 Å². The number of primary amides is 1. The molecule has 0 unspecified atom stereocenters. The fourth-order valence-electron chi connectivity index (χ4n) is 2.03. The van der Waals surface area contributed by atoms with E-state index in [0.29, 0.717) is 18.6 Å². The maximum Gasteiger partial charge on any atom is 0.404 e. The van der Waals surface area contributed by atoms with Gasteiger partial charge in [0.25, 0.3) is 0 Å². The summed E-state index contributed by atoms with van der Waals surface area (Å²) in [7, 11) is 4.23. The third-order valence-electron chi connectivity index (χ3n) is 3.01. The first-order valence-corrected chi connectivity index (χ1v) is 5.18. The first-order valence-electron chi connectivity index (χ1n) is 5.18. The van der Waals surface area contributed by atoms with Gasteiger partial charge in [-0.1, -0.05) is 0 Å². The highest BCUT2D eigenvalue weighted by Crippen LogP contribution is 2.26. The van der Waals surface area contributed by atoms with Gasteiger partial charge >= 0.3 is 6.09 Å². The minimum Gasteiger partial charge on any atom is -0.449 e. The van der Waals surface area contributed by atoms with Crippen LogP contribution >= 0.6 is 0 Å². The van der Waals surface area contributed by atoms with Gasteiger partial charge in [0, 0.05) is 6.04 Å². The molecule has 1 amide bonds. The fourth-order valence-corrected chi connectivity index (χ4v) is 2.03. The highest BCUT2D eigenvalue weighted by Gasteiger charge is 2.22. The fraction of sp³-hybridized carbons (Fsp3) is 0.900. The molecule has 4 heteroatoms. The van der Waals surface area contributed by atoms with Crippen LogP contribution in [0.15, 0.2) is 0 Å². The number of rotatable bonds is 3. The number of hydrogen-bond acceptors (Lipinski definition) is 3. The van der Waals surface area contributed by atoms with E-state index in [9.17, 15) is 4.79 Å². The molecule has 1 fully saturated rings. The van der Waals surface area contributed by atoms with E-state index in [0.717, 1.165) is 12.8 Å². The van der Waals surface area contributed by atoms with E-state index in [4.69, 9.17) is 10.5 Å². The van der Waals surface area contributed by atoms with E-state index >= 15 is 0 Å². The standard InChI is InChI=1S/C10H20N2O2/c1-12(2)9-5-3-8(4-6-9)7-14-10(11)13/h8-9H,3-7H2,1-2H3,(H2,11,13)/t8-,9-. The SMILES string of the molecule is CN(C)[C@H]1CC[C@H](COC(N)=O)CC1. The summed E-state index contributed by atoms with van der Waals surface area (Å²) in [6, 6.07) is 0.694. The number of nitrogens with zero attached hydrogens (tertiary/aromatic N) is 1. The van der Waals surface area contributed by atoms with Crippen LogP contribution in [0.2, 0.25) is 0 Å². The Balaban J connectivity index is 2.19. The van der Waals surface area contributed by atoms with Crippen LogP contribution in [0.25, 0.3) is 0 Å². The van der Waals surface area contributed by atoms with Gasteiger partial charge in [-0.15, -0.1) is 0 Å². The zero-order valence-electron chi connectivity index (χ0n) is 9.03. The van der Waals surface area contributed by atoms with E-state index in [2.05, 4.69) is 19.0 Å². The summed E-state index contributed by atoms with van der Waals surface area (Å²) < 4.78 is 4.80. The molecule has 0 aromatic heterocycles. The van der Waals surface area contributed by atoms with Crippen LogP contribution in [0.5, 0.6) is 0 Å². The average Bonchev–Trinajstić information content (AvgIpc) is 2.15. The van der Waals surface area contributed by atoms with E-state index in [-0.39, 0.29) is 0 Å². The summed E-state index contributed by atoms with van der Waals surface area (Å²) in [6.07, 6.45) is 4.01. The van der Waals surface area contributed by atoms with Crippen molar-refractivity contribution in [1.82, 2.24) is 4.90 Å². The molecular formula is C10H20N2O2. The van der Waals surface area contributed by atoms with Gasteiger partial charge in [0.05, 0.1) is 6.61 Å². The lowest BCUT2D eigenvalue weighted by molar-refractivity contribution is 0.108. The normalized spacial score (nSPS) is 27.6. The van der Waals surface area contributed by atoms with Crippen LogP contribution in [0.4, 0.5) is 4.79 Å². The Bertz CT molecular complexity index is 187. The Hall–Kier alpha value is -0.770. The molecule has 1 saturated carbocycles. The smallest absolute Gasteiger partial charge is 0.404 e. The highest BCUT2D eigenvalue weighted by atomic mass is 16.5. The van der Waals surface area contributed by atoms with Crippen molar-refractivity contribution in [2.45, 2.75) is 31.7 Å². The molecule has 0 spiro atoms. The van der Waals surface area contributed by atoms with Crippen molar-refractivity contribution < 1.29 is 9.53 Å². The summed E-state index contributed by atoms with van der Waals surface area (Å²) in [4.78, 5) is 12.7. The predicted octanol–water partition coefficient (Wildman–Crippen LogP) is 1.20. The minimum atomic E-state index is -0.653. The summed E-state index contributed by atoms with van der Waals surface area (Å²) in [5.74, 6) is 0.513. The van der Waals surface area contributed by atoms with Crippen molar-refractivity contribution in [2.24, 2.45) is 11.7 Å². The second kappa shape index (κ2) is 5.20. The van der Waals surface area contributed by atoms with Crippen molar-refractivity contribution in [3.8, 4) is 0 Å². The number of carbonyl (C=O) groups is 1. The quantitative estimate of drug-likeness (QED) is 0.744. The molecule has 2 N–H and O–H groups in total. The monoisotopic (exact) mass is 200 g/mol. The molecule has 1 aliphatic rings. The molecule has 0 aromatic rings. The topological polar surface area (TPSA) is 55.6 Å².